The van der Waals surface area contributed by atoms with Crippen molar-refractivity contribution in [2.45, 2.75) is 103 Å². The van der Waals surface area contributed by atoms with Gasteiger partial charge in [0, 0.05) is 38.6 Å². The van der Waals surface area contributed by atoms with Gasteiger partial charge >= 0.3 is 12.1 Å². The van der Waals surface area contributed by atoms with Crippen molar-refractivity contribution in [1.29, 1.82) is 0 Å². The van der Waals surface area contributed by atoms with Crippen molar-refractivity contribution in [1.82, 2.24) is 20.9 Å². The van der Waals surface area contributed by atoms with Crippen molar-refractivity contribution in [2.24, 2.45) is 20.4 Å². The van der Waals surface area contributed by atoms with Crippen LogP contribution in [0.25, 0.3) is 0 Å². The molecular weight excluding hydrogens is 634 g/mol. The number of carbonyl (C=O) groups excluding carboxylic acids is 6. The third kappa shape index (κ3) is 27.7. The largest absolute Gasteiger partial charge is 0.449 e. The Morgan fingerprint density at radius 2 is 1.20 bits per heavy atom. The molecule has 4 amide bonds. The summed E-state index contributed by atoms with van der Waals surface area (Å²) in [6.45, 7) is 5.43. The molecule has 0 bridgehead atoms. The van der Waals surface area contributed by atoms with Crippen LogP contribution >= 0.6 is 0 Å². The van der Waals surface area contributed by atoms with E-state index in [2.05, 4.69) is 30.9 Å². The average molecular weight is 694 g/mol. The predicted molar refractivity (Wildman–Crippen MR) is 186 cm³/mol. The smallest absolute Gasteiger partial charge is 0.409 e. The number of urea groups is 1. The summed E-state index contributed by atoms with van der Waals surface area (Å²) < 4.78 is 11.4. The molecule has 0 heterocycles. The fourth-order valence-electron chi connectivity index (χ4n) is 4.89. The van der Waals surface area contributed by atoms with Gasteiger partial charge in [0.1, 0.15) is 6.61 Å². The molecule has 0 spiro atoms. The van der Waals surface area contributed by atoms with Gasteiger partial charge in [-0.05, 0) is 51.4 Å². The second-order valence-corrected chi connectivity index (χ2v) is 12.1. The van der Waals surface area contributed by atoms with Crippen LogP contribution in [0.3, 0.4) is 0 Å². The molecule has 15 nitrogen and oxygen atoms in total. The lowest BCUT2D eigenvalue weighted by Gasteiger charge is -2.33. The second-order valence-electron chi connectivity index (χ2n) is 12.1. The lowest BCUT2D eigenvalue weighted by molar-refractivity contribution is -0.127. The fourth-order valence-corrected chi connectivity index (χ4v) is 4.89. The van der Waals surface area contributed by atoms with Crippen LogP contribution in [-0.4, -0.2) is 114 Å². The van der Waals surface area contributed by atoms with E-state index < -0.39 is 11.5 Å². The fraction of sp³-hybridized carbons (Fsp3) is 0.824. The number of unbranched alkanes of at least 4 members (excludes halogenated alkanes) is 10. The Kier molecular flexibility index (Phi) is 30.1. The van der Waals surface area contributed by atoms with Crippen molar-refractivity contribution in [2.75, 3.05) is 72.7 Å². The van der Waals surface area contributed by atoms with Crippen molar-refractivity contribution < 1.29 is 38.2 Å². The number of isocyanates is 3. The Hall–Kier alpha value is -3.89. The minimum atomic E-state index is -0.576. The van der Waals surface area contributed by atoms with E-state index in [1.165, 1.54) is 23.1 Å². The number of hydrogen-bond donors (Lipinski definition) is 3. The van der Waals surface area contributed by atoms with Crippen LogP contribution < -0.4 is 16.0 Å². The van der Waals surface area contributed by atoms with Crippen LogP contribution in [0.1, 0.15) is 103 Å². The molecule has 15 heteroatoms. The Morgan fingerprint density at radius 1 is 0.694 bits per heavy atom. The van der Waals surface area contributed by atoms with E-state index >= 15 is 0 Å². The Morgan fingerprint density at radius 3 is 1.76 bits per heavy atom. The Balaban J connectivity index is 4.79. The Labute approximate surface area is 291 Å². The average Bonchev–Trinajstić information content (AvgIpc) is 3.10. The number of nitrogens with zero attached hydrogens (tertiary/aromatic N) is 4. The first-order valence-corrected chi connectivity index (χ1v) is 17.7. The maximum Gasteiger partial charge on any atom is 0.409 e. The highest BCUT2D eigenvalue weighted by Crippen LogP contribution is 2.27. The molecule has 0 aromatic heterocycles. The SMILES string of the molecule is CCC(CCOC(=O)N(C)CCCCCCN=C=O)(CNC(=O)NCCCCCCN=C=O)COCC(=O)NCCCCCCCN=C=O. The summed E-state index contributed by atoms with van der Waals surface area (Å²) in [5.74, 6) is -0.224. The van der Waals surface area contributed by atoms with E-state index in [-0.39, 0.29) is 38.3 Å². The predicted octanol–water partition coefficient (Wildman–Crippen LogP) is 4.35. The third-order valence-electron chi connectivity index (χ3n) is 8.14. The lowest BCUT2D eigenvalue weighted by atomic mass is 9.82. The highest BCUT2D eigenvalue weighted by Gasteiger charge is 2.30. The van der Waals surface area contributed by atoms with E-state index in [0.717, 1.165) is 83.5 Å². The van der Waals surface area contributed by atoms with E-state index in [1.54, 1.807) is 7.05 Å². The molecule has 0 saturated heterocycles. The minimum absolute atomic E-state index is 0.120. The normalized spacial score (nSPS) is 11.6. The molecule has 0 fully saturated rings. The molecule has 0 aromatic rings. The topological polar surface area (TPSA) is 197 Å². The van der Waals surface area contributed by atoms with Gasteiger partial charge < -0.3 is 30.3 Å². The van der Waals surface area contributed by atoms with Gasteiger partial charge in [-0.3, -0.25) is 4.79 Å². The second kappa shape index (κ2) is 32.6. The number of rotatable bonds is 32. The molecule has 0 radical (unpaired) electrons. The first-order valence-electron chi connectivity index (χ1n) is 17.7. The van der Waals surface area contributed by atoms with Gasteiger partial charge in [0.25, 0.3) is 0 Å². The zero-order chi connectivity index (χ0) is 36.3. The first kappa shape index (κ1) is 45.1. The van der Waals surface area contributed by atoms with Crippen LogP contribution in [0, 0.1) is 5.41 Å². The number of carbonyl (C=O) groups is 3. The van der Waals surface area contributed by atoms with Crippen LogP contribution in [0.4, 0.5) is 9.59 Å². The van der Waals surface area contributed by atoms with Crippen LogP contribution in [0.5, 0.6) is 0 Å². The zero-order valence-electron chi connectivity index (χ0n) is 29.7. The van der Waals surface area contributed by atoms with Crippen molar-refractivity contribution in [3.05, 3.63) is 0 Å². The standard InChI is InChI=1S/C34H59N7O8/c1-3-34(26-40-32(46)39-22-15-8-7-12-19-36-29-43,17-24-49-33(47)41(2)23-16-10-9-13-20-37-30-44)27-48-25-31(45)38-21-14-6-4-5-11-18-35-28-42/h3-27H2,1-2H3,(H,38,45)(H2,39,40,46). The number of amides is 4. The third-order valence-corrected chi connectivity index (χ3v) is 8.14. The van der Waals surface area contributed by atoms with Crippen LogP contribution in [0.2, 0.25) is 0 Å². The highest BCUT2D eigenvalue weighted by molar-refractivity contribution is 5.77. The number of aliphatic imine (C=N–C) groups is 3. The van der Waals surface area contributed by atoms with E-state index in [1.807, 2.05) is 6.92 Å². The summed E-state index contributed by atoms with van der Waals surface area (Å²) in [5.41, 5.74) is -0.576. The summed E-state index contributed by atoms with van der Waals surface area (Å²) in [6.07, 6.45) is 16.6. The van der Waals surface area contributed by atoms with Crippen LogP contribution in [0.15, 0.2) is 15.0 Å². The molecule has 1 atom stereocenters. The first-order chi connectivity index (χ1) is 23.8. The van der Waals surface area contributed by atoms with Gasteiger partial charge in [-0.15, -0.1) is 0 Å². The summed E-state index contributed by atoms with van der Waals surface area (Å²) in [4.78, 5) is 80.1. The van der Waals surface area contributed by atoms with Crippen LogP contribution in [-0.2, 0) is 28.7 Å². The highest BCUT2D eigenvalue weighted by atomic mass is 16.6. The van der Waals surface area contributed by atoms with Gasteiger partial charge in [-0.1, -0.05) is 51.9 Å². The number of ether oxygens (including phenoxy) is 2. The monoisotopic (exact) mass is 693 g/mol. The molecule has 49 heavy (non-hydrogen) atoms. The molecule has 0 saturated carbocycles. The molecule has 3 N–H and O–H groups in total. The maximum absolute atomic E-state index is 12.6. The zero-order valence-corrected chi connectivity index (χ0v) is 29.7. The summed E-state index contributed by atoms with van der Waals surface area (Å²) in [6, 6.07) is -0.313. The van der Waals surface area contributed by atoms with Gasteiger partial charge in [-0.2, -0.15) is 0 Å². The molecule has 0 aliphatic carbocycles. The van der Waals surface area contributed by atoms with Crippen molar-refractivity contribution in [3.63, 3.8) is 0 Å². The van der Waals surface area contributed by atoms with Gasteiger partial charge in [0.2, 0.25) is 24.1 Å². The molecule has 0 aliphatic heterocycles. The number of nitrogens with one attached hydrogen (secondary N) is 3. The lowest BCUT2D eigenvalue weighted by Crippen LogP contribution is -2.45. The maximum atomic E-state index is 12.6. The molecule has 0 aromatic carbocycles. The van der Waals surface area contributed by atoms with E-state index in [0.29, 0.717) is 52.1 Å². The van der Waals surface area contributed by atoms with Gasteiger partial charge in [0.15, 0.2) is 0 Å². The van der Waals surface area contributed by atoms with E-state index in [9.17, 15) is 28.8 Å². The summed E-state index contributed by atoms with van der Waals surface area (Å²) >= 11 is 0. The van der Waals surface area contributed by atoms with Crippen molar-refractivity contribution in [3.8, 4) is 0 Å². The summed E-state index contributed by atoms with van der Waals surface area (Å²) in [7, 11) is 1.68. The Bertz CT molecular complexity index is 1040. The van der Waals surface area contributed by atoms with Gasteiger partial charge in [0.05, 0.1) is 32.8 Å². The number of hydrogen-bond acceptors (Lipinski definition) is 11. The summed E-state index contributed by atoms with van der Waals surface area (Å²) in [5, 5.41) is 8.65. The van der Waals surface area contributed by atoms with E-state index in [4.69, 9.17) is 9.47 Å². The molecule has 278 valence electrons. The quantitative estimate of drug-likeness (QED) is 0.0525. The van der Waals surface area contributed by atoms with Crippen molar-refractivity contribution >= 4 is 36.3 Å². The molecular formula is C34H59N7O8. The molecule has 0 rings (SSSR count). The molecule has 1 unspecified atom stereocenters. The van der Waals surface area contributed by atoms with Gasteiger partial charge in [-0.25, -0.2) is 38.9 Å². The molecule has 0 aliphatic rings. The minimum Gasteiger partial charge on any atom is -0.449 e.